The highest BCUT2D eigenvalue weighted by molar-refractivity contribution is 5.98. The molecule has 2 heterocycles. The standard InChI is InChI=1S/C22H20N2O3/c1-14-9-10-20-18(11-14)15(2)21(26-20)22(25)24(3)13-17-12-19(23-27-17)16-7-5-4-6-8-16/h4-12H,13H2,1-3H3. The molecule has 0 aliphatic carbocycles. The lowest BCUT2D eigenvalue weighted by Crippen LogP contribution is -2.26. The molecule has 0 spiro atoms. The average molecular weight is 360 g/mol. The smallest absolute Gasteiger partial charge is 0.290 e. The molecule has 0 unspecified atom stereocenters. The van der Waals surface area contributed by atoms with Gasteiger partial charge in [-0.3, -0.25) is 4.79 Å². The zero-order valence-electron chi connectivity index (χ0n) is 15.5. The number of carbonyl (C=O) groups excluding carboxylic acids is 1. The molecule has 0 N–H and O–H groups in total. The van der Waals surface area contributed by atoms with Crippen LogP contribution >= 0.6 is 0 Å². The topological polar surface area (TPSA) is 59.5 Å². The van der Waals surface area contributed by atoms with E-state index in [0.717, 1.165) is 33.4 Å². The molecule has 0 fully saturated rings. The first-order chi connectivity index (χ1) is 13.0. The van der Waals surface area contributed by atoms with Gasteiger partial charge in [0.1, 0.15) is 11.3 Å². The molecule has 5 nitrogen and oxygen atoms in total. The monoisotopic (exact) mass is 360 g/mol. The second-order valence-corrected chi connectivity index (χ2v) is 6.76. The molecule has 0 saturated heterocycles. The van der Waals surface area contributed by atoms with Crippen LogP contribution in [-0.4, -0.2) is 23.0 Å². The molecule has 2 aromatic carbocycles. The molecule has 0 aliphatic rings. The Hall–Kier alpha value is -3.34. The summed E-state index contributed by atoms with van der Waals surface area (Å²) in [5.74, 6) is 0.800. The van der Waals surface area contributed by atoms with Crippen molar-refractivity contribution in [3.8, 4) is 11.3 Å². The fourth-order valence-corrected chi connectivity index (χ4v) is 3.15. The third-order valence-corrected chi connectivity index (χ3v) is 4.65. The Morgan fingerprint density at radius 2 is 1.85 bits per heavy atom. The zero-order chi connectivity index (χ0) is 19.0. The third kappa shape index (κ3) is 3.24. The summed E-state index contributed by atoms with van der Waals surface area (Å²) >= 11 is 0. The van der Waals surface area contributed by atoms with E-state index >= 15 is 0 Å². The summed E-state index contributed by atoms with van der Waals surface area (Å²) < 4.78 is 11.2. The summed E-state index contributed by atoms with van der Waals surface area (Å²) in [6.07, 6.45) is 0. The van der Waals surface area contributed by atoms with Crippen LogP contribution in [0.25, 0.3) is 22.2 Å². The van der Waals surface area contributed by atoms with E-state index in [9.17, 15) is 4.79 Å². The summed E-state index contributed by atoms with van der Waals surface area (Å²) in [6, 6.07) is 17.6. The lowest BCUT2D eigenvalue weighted by Gasteiger charge is -2.13. The molecule has 0 aliphatic heterocycles. The third-order valence-electron chi connectivity index (χ3n) is 4.65. The molecule has 4 rings (SSSR count). The summed E-state index contributed by atoms with van der Waals surface area (Å²) in [5.41, 5.74) is 4.44. The normalized spacial score (nSPS) is 11.1. The first-order valence-corrected chi connectivity index (χ1v) is 8.79. The van der Waals surface area contributed by atoms with Crippen LogP contribution in [0.2, 0.25) is 0 Å². The maximum absolute atomic E-state index is 12.9. The maximum atomic E-state index is 12.9. The SMILES string of the molecule is Cc1ccc2oc(C(=O)N(C)Cc3cc(-c4ccccc4)no3)c(C)c2c1. The van der Waals surface area contributed by atoms with Crippen molar-refractivity contribution < 1.29 is 13.7 Å². The van der Waals surface area contributed by atoms with Crippen molar-refractivity contribution in [2.45, 2.75) is 20.4 Å². The first-order valence-electron chi connectivity index (χ1n) is 8.79. The van der Waals surface area contributed by atoms with Crippen molar-refractivity contribution in [3.05, 3.63) is 77.2 Å². The average Bonchev–Trinajstić information content (AvgIpc) is 3.27. The Morgan fingerprint density at radius 1 is 1.07 bits per heavy atom. The zero-order valence-corrected chi connectivity index (χ0v) is 15.5. The Balaban J connectivity index is 1.55. The Bertz CT molecular complexity index is 1110. The van der Waals surface area contributed by atoms with E-state index in [2.05, 4.69) is 5.16 Å². The molecular formula is C22H20N2O3. The van der Waals surface area contributed by atoms with Crippen LogP contribution in [0.3, 0.4) is 0 Å². The summed E-state index contributed by atoms with van der Waals surface area (Å²) in [7, 11) is 1.73. The van der Waals surface area contributed by atoms with E-state index in [1.807, 2.05) is 68.4 Å². The minimum absolute atomic E-state index is 0.181. The van der Waals surface area contributed by atoms with Gasteiger partial charge in [-0.1, -0.05) is 47.1 Å². The summed E-state index contributed by atoms with van der Waals surface area (Å²) in [5, 5.41) is 5.07. The number of hydrogen-bond acceptors (Lipinski definition) is 4. The number of carbonyl (C=O) groups is 1. The van der Waals surface area contributed by atoms with E-state index in [0.29, 0.717) is 18.1 Å². The molecule has 136 valence electrons. The predicted octanol–water partition coefficient (Wildman–Crippen LogP) is 4.98. The lowest BCUT2D eigenvalue weighted by molar-refractivity contribution is 0.0742. The van der Waals surface area contributed by atoms with Crippen molar-refractivity contribution in [1.82, 2.24) is 10.1 Å². The van der Waals surface area contributed by atoms with Crippen LogP contribution < -0.4 is 0 Å². The van der Waals surface area contributed by atoms with Gasteiger partial charge in [-0.15, -0.1) is 0 Å². The molecule has 4 aromatic rings. The lowest BCUT2D eigenvalue weighted by atomic mass is 10.1. The highest BCUT2D eigenvalue weighted by atomic mass is 16.5. The van der Waals surface area contributed by atoms with E-state index in [4.69, 9.17) is 8.94 Å². The fraction of sp³-hybridized carbons (Fsp3) is 0.182. The van der Waals surface area contributed by atoms with Crippen LogP contribution in [-0.2, 0) is 6.54 Å². The molecule has 0 saturated carbocycles. The molecule has 5 heteroatoms. The van der Waals surface area contributed by atoms with Gasteiger partial charge in [0.05, 0.1) is 6.54 Å². The van der Waals surface area contributed by atoms with E-state index in [-0.39, 0.29) is 5.91 Å². The van der Waals surface area contributed by atoms with Gasteiger partial charge in [-0.05, 0) is 26.0 Å². The Morgan fingerprint density at radius 3 is 2.63 bits per heavy atom. The number of aromatic nitrogens is 1. The molecule has 2 aromatic heterocycles. The van der Waals surface area contributed by atoms with Gasteiger partial charge < -0.3 is 13.8 Å². The minimum atomic E-state index is -0.181. The number of aryl methyl sites for hydroxylation is 2. The number of furan rings is 1. The van der Waals surface area contributed by atoms with Gasteiger partial charge >= 0.3 is 0 Å². The van der Waals surface area contributed by atoms with Crippen LogP contribution in [0.5, 0.6) is 0 Å². The minimum Gasteiger partial charge on any atom is -0.451 e. The van der Waals surface area contributed by atoms with E-state index < -0.39 is 0 Å². The van der Waals surface area contributed by atoms with Crippen LogP contribution in [0, 0.1) is 13.8 Å². The van der Waals surface area contributed by atoms with Crippen LogP contribution in [0.4, 0.5) is 0 Å². The second kappa shape index (κ2) is 6.76. The number of fused-ring (bicyclic) bond motifs is 1. The van der Waals surface area contributed by atoms with Gasteiger partial charge in [0, 0.05) is 29.6 Å². The number of nitrogens with zero attached hydrogens (tertiary/aromatic N) is 2. The van der Waals surface area contributed by atoms with Gasteiger partial charge in [-0.25, -0.2) is 0 Å². The van der Waals surface area contributed by atoms with Crippen molar-refractivity contribution in [2.75, 3.05) is 7.05 Å². The molecule has 0 radical (unpaired) electrons. The van der Waals surface area contributed by atoms with Gasteiger partial charge in [0.2, 0.25) is 0 Å². The first kappa shape index (κ1) is 17.1. The summed E-state index contributed by atoms with van der Waals surface area (Å²) in [4.78, 5) is 14.4. The van der Waals surface area contributed by atoms with Gasteiger partial charge in [0.25, 0.3) is 5.91 Å². The summed E-state index contributed by atoms with van der Waals surface area (Å²) in [6.45, 7) is 4.25. The quantitative estimate of drug-likeness (QED) is 0.515. The van der Waals surface area contributed by atoms with Crippen molar-refractivity contribution in [1.29, 1.82) is 0 Å². The maximum Gasteiger partial charge on any atom is 0.290 e. The number of hydrogen-bond donors (Lipinski definition) is 0. The fourth-order valence-electron chi connectivity index (χ4n) is 3.15. The molecule has 0 bridgehead atoms. The van der Waals surface area contributed by atoms with Gasteiger partial charge in [0.15, 0.2) is 11.5 Å². The second-order valence-electron chi connectivity index (χ2n) is 6.76. The molecule has 1 amide bonds. The largest absolute Gasteiger partial charge is 0.451 e. The van der Waals surface area contributed by atoms with E-state index in [1.54, 1.807) is 11.9 Å². The number of rotatable bonds is 4. The van der Waals surface area contributed by atoms with Crippen molar-refractivity contribution in [3.63, 3.8) is 0 Å². The highest BCUT2D eigenvalue weighted by Crippen LogP contribution is 2.27. The molecule has 0 atom stereocenters. The number of amides is 1. The Labute approximate surface area is 157 Å². The van der Waals surface area contributed by atoms with Gasteiger partial charge in [-0.2, -0.15) is 0 Å². The van der Waals surface area contributed by atoms with E-state index in [1.165, 1.54) is 0 Å². The van der Waals surface area contributed by atoms with Crippen molar-refractivity contribution >= 4 is 16.9 Å². The predicted molar refractivity (Wildman–Crippen MR) is 103 cm³/mol. The Kier molecular flexibility index (Phi) is 4.28. The van der Waals surface area contributed by atoms with Crippen molar-refractivity contribution in [2.24, 2.45) is 0 Å². The number of benzene rings is 2. The molecule has 27 heavy (non-hydrogen) atoms. The molecular weight excluding hydrogens is 340 g/mol. The van der Waals surface area contributed by atoms with Crippen LogP contribution in [0.15, 0.2) is 63.5 Å². The highest BCUT2D eigenvalue weighted by Gasteiger charge is 2.22. The van der Waals surface area contributed by atoms with Crippen LogP contribution in [0.1, 0.15) is 27.4 Å².